The first kappa shape index (κ1) is 27.0. The van der Waals surface area contributed by atoms with Crippen molar-refractivity contribution < 1.29 is 23.9 Å². The van der Waals surface area contributed by atoms with Crippen LogP contribution >= 0.6 is 27.5 Å². The molecule has 4 aromatic rings. The van der Waals surface area contributed by atoms with Gasteiger partial charge in [0.15, 0.2) is 12.4 Å². The Bertz CT molecular complexity index is 1760. The summed E-state index contributed by atoms with van der Waals surface area (Å²) in [5.74, 6) is -0.900. The van der Waals surface area contributed by atoms with E-state index < -0.39 is 12.6 Å². The number of imide groups is 1. The van der Waals surface area contributed by atoms with E-state index in [4.69, 9.17) is 21.3 Å². The highest BCUT2D eigenvalue weighted by molar-refractivity contribution is 9.10. The number of ether oxygens (including phenoxy) is 1. The number of carbonyl (C=O) groups is 4. The van der Waals surface area contributed by atoms with Crippen LogP contribution in [0.2, 0.25) is 5.02 Å². The lowest BCUT2D eigenvalue weighted by Gasteiger charge is -2.19. The van der Waals surface area contributed by atoms with Crippen LogP contribution in [0.5, 0.6) is 0 Å². The number of hydrogen-bond donors (Lipinski definition) is 0. The summed E-state index contributed by atoms with van der Waals surface area (Å²) in [5, 5.41) is 1.08. The molecule has 2 amide bonds. The Morgan fingerprint density at radius 2 is 1.57 bits per heavy atom. The highest BCUT2D eigenvalue weighted by atomic mass is 79.9. The van der Waals surface area contributed by atoms with Crippen molar-refractivity contribution in [2.75, 3.05) is 11.5 Å². The number of nitrogens with zero attached hydrogens (tertiary/aromatic N) is 2. The molecular weight excluding hydrogens is 620 g/mol. The third-order valence-electron chi connectivity index (χ3n) is 8.84. The van der Waals surface area contributed by atoms with Crippen LogP contribution in [0.1, 0.15) is 40.0 Å². The maximum Gasteiger partial charge on any atom is 0.339 e. The topological polar surface area (TPSA) is 93.6 Å². The van der Waals surface area contributed by atoms with Gasteiger partial charge in [0.2, 0.25) is 11.8 Å². The Kier molecular flexibility index (Phi) is 6.71. The zero-order valence-corrected chi connectivity index (χ0v) is 24.6. The molecular formula is C33H24BrClN2O5. The number of carbonyl (C=O) groups excluding carboxylic acids is 4. The second kappa shape index (κ2) is 10.4. The van der Waals surface area contributed by atoms with Gasteiger partial charge in [0, 0.05) is 26.0 Å². The summed E-state index contributed by atoms with van der Waals surface area (Å²) in [6.07, 6.45) is 3.05. The van der Waals surface area contributed by atoms with Crippen LogP contribution in [0.4, 0.5) is 5.69 Å². The van der Waals surface area contributed by atoms with Crippen molar-refractivity contribution in [3.63, 3.8) is 0 Å². The largest absolute Gasteiger partial charge is 0.454 e. The molecule has 9 heteroatoms. The van der Waals surface area contributed by atoms with Gasteiger partial charge in [-0.15, -0.1) is 0 Å². The second-order valence-corrected chi connectivity index (χ2v) is 12.5. The SMILES string of the molecule is O=C(COC(=O)c1cc(-c2ccc(N3C(=O)C4C5CCC(C5)C4C3=O)cc2)nc2ccc(Br)cc12)c1ccc(Cl)cc1. The second-order valence-electron chi connectivity index (χ2n) is 11.2. The van der Waals surface area contributed by atoms with Crippen molar-refractivity contribution in [2.24, 2.45) is 23.7 Å². The molecule has 2 saturated carbocycles. The zero-order chi connectivity index (χ0) is 29.1. The minimum atomic E-state index is -0.657. The van der Waals surface area contributed by atoms with E-state index in [1.807, 2.05) is 6.07 Å². The first-order valence-corrected chi connectivity index (χ1v) is 15.0. The van der Waals surface area contributed by atoms with Crippen molar-refractivity contribution in [2.45, 2.75) is 19.3 Å². The number of fused-ring (bicyclic) bond motifs is 6. The Hall–Kier alpha value is -3.88. The minimum Gasteiger partial charge on any atom is -0.454 e. The molecule has 4 unspecified atom stereocenters. The van der Waals surface area contributed by atoms with E-state index in [9.17, 15) is 19.2 Å². The molecule has 7 rings (SSSR count). The van der Waals surface area contributed by atoms with Gasteiger partial charge < -0.3 is 4.74 Å². The standard InChI is InChI=1S/C33H24BrClN2O5/c34-21-7-12-26-24(14-21)25(33(41)42-16-28(38)18-3-8-22(35)9-4-18)15-27(36-26)17-5-10-23(11-6-17)37-31(39)29-19-1-2-20(13-19)30(29)32(37)40/h3-12,14-15,19-20,29-30H,1-2,13,16H2. The Morgan fingerprint density at radius 1 is 0.905 bits per heavy atom. The molecule has 0 radical (unpaired) electrons. The van der Waals surface area contributed by atoms with Gasteiger partial charge in [-0.25, -0.2) is 9.78 Å². The van der Waals surface area contributed by atoms with E-state index >= 15 is 0 Å². The van der Waals surface area contributed by atoms with E-state index in [0.29, 0.717) is 50.3 Å². The number of rotatable bonds is 6. The van der Waals surface area contributed by atoms with Gasteiger partial charge in [-0.1, -0.05) is 39.7 Å². The summed E-state index contributed by atoms with van der Waals surface area (Å²) in [7, 11) is 0. The van der Waals surface area contributed by atoms with E-state index in [1.165, 1.54) is 4.90 Å². The van der Waals surface area contributed by atoms with Crippen LogP contribution in [-0.2, 0) is 14.3 Å². The Balaban J connectivity index is 1.16. The summed E-state index contributed by atoms with van der Waals surface area (Å²) in [6.45, 7) is -0.427. The molecule has 1 saturated heterocycles. The van der Waals surface area contributed by atoms with Gasteiger partial charge >= 0.3 is 5.97 Å². The monoisotopic (exact) mass is 642 g/mol. The zero-order valence-electron chi connectivity index (χ0n) is 22.3. The van der Waals surface area contributed by atoms with Crippen molar-refractivity contribution in [1.82, 2.24) is 4.98 Å². The average molecular weight is 644 g/mol. The van der Waals surface area contributed by atoms with E-state index in [0.717, 1.165) is 23.7 Å². The van der Waals surface area contributed by atoms with E-state index in [1.54, 1.807) is 66.7 Å². The molecule has 4 atom stereocenters. The van der Waals surface area contributed by atoms with Crippen LogP contribution in [0, 0.1) is 23.7 Å². The normalized spacial score (nSPS) is 22.6. The van der Waals surface area contributed by atoms with Crippen LogP contribution in [0.3, 0.4) is 0 Å². The highest BCUT2D eigenvalue weighted by Crippen LogP contribution is 2.56. The number of hydrogen-bond acceptors (Lipinski definition) is 6. The lowest BCUT2D eigenvalue weighted by molar-refractivity contribution is -0.123. The summed E-state index contributed by atoms with van der Waals surface area (Å²) in [5.41, 5.74) is 2.99. The predicted octanol–water partition coefficient (Wildman–Crippen LogP) is 6.89. The smallest absolute Gasteiger partial charge is 0.339 e. The summed E-state index contributed by atoms with van der Waals surface area (Å²) in [4.78, 5) is 58.5. The van der Waals surface area contributed by atoms with E-state index in [-0.39, 0.29) is 35.0 Å². The molecule has 7 nitrogen and oxygen atoms in total. The molecule has 210 valence electrons. The van der Waals surface area contributed by atoms with Crippen LogP contribution < -0.4 is 4.90 Å². The lowest BCUT2D eigenvalue weighted by atomic mass is 9.81. The fourth-order valence-electron chi connectivity index (χ4n) is 6.89. The van der Waals surface area contributed by atoms with Gasteiger partial charge in [-0.05, 0) is 91.8 Å². The van der Waals surface area contributed by atoms with Crippen molar-refractivity contribution >= 4 is 67.7 Å². The number of amides is 2. The van der Waals surface area contributed by atoms with Crippen LogP contribution in [0.25, 0.3) is 22.2 Å². The minimum absolute atomic E-state index is 0.0856. The molecule has 3 fully saturated rings. The number of ketones is 1. The summed E-state index contributed by atoms with van der Waals surface area (Å²) >= 11 is 9.36. The Morgan fingerprint density at radius 3 is 2.24 bits per heavy atom. The molecule has 1 aromatic heterocycles. The first-order chi connectivity index (χ1) is 20.3. The van der Waals surface area contributed by atoms with Crippen LogP contribution in [0.15, 0.2) is 77.3 Å². The molecule has 1 aliphatic heterocycles. The van der Waals surface area contributed by atoms with Crippen LogP contribution in [-0.4, -0.2) is 35.2 Å². The van der Waals surface area contributed by atoms with Gasteiger partial charge in [0.05, 0.1) is 34.3 Å². The molecule has 0 spiro atoms. The van der Waals surface area contributed by atoms with Crippen molar-refractivity contribution in [1.29, 1.82) is 0 Å². The van der Waals surface area contributed by atoms with Gasteiger partial charge in [0.1, 0.15) is 0 Å². The maximum absolute atomic E-state index is 13.3. The number of benzene rings is 3. The third kappa shape index (κ3) is 4.53. The fourth-order valence-corrected chi connectivity index (χ4v) is 7.37. The maximum atomic E-state index is 13.3. The molecule has 0 N–H and O–H groups in total. The number of pyridine rings is 1. The van der Waals surface area contributed by atoms with Gasteiger partial charge in [-0.3, -0.25) is 19.3 Å². The summed E-state index contributed by atoms with van der Waals surface area (Å²) < 4.78 is 6.20. The molecule has 3 aliphatic rings. The quantitative estimate of drug-likeness (QED) is 0.129. The number of aromatic nitrogens is 1. The van der Waals surface area contributed by atoms with Gasteiger partial charge in [0.25, 0.3) is 0 Å². The summed E-state index contributed by atoms with van der Waals surface area (Å²) in [6, 6.07) is 20.5. The average Bonchev–Trinajstić information content (AvgIpc) is 3.69. The van der Waals surface area contributed by atoms with Gasteiger partial charge in [-0.2, -0.15) is 0 Å². The Labute approximate surface area is 254 Å². The first-order valence-electron chi connectivity index (χ1n) is 13.8. The highest BCUT2D eigenvalue weighted by Gasteiger charge is 2.61. The molecule has 3 aromatic carbocycles. The number of halogens is 2. The van der Waals surface area contributed by atoms with Crippen molar-refractivity contribution in [3.8, 4) is 11.3 Å². The number of anilines is 1. The predicted molar refractivity (Wildman–Crippen MR) is 161 cm³/mol. The van der Waals surface area contributed by atoms with Crippen molar-refractivity contribution in [3.05, 3.63) is 93.4 Å². The van der Waals surface area contributed by atoms with E-state index in [2.05, 4.69) is 15.9 Å². The number of esters is 1. The molecule has 42 heavy (non-hydrogen) atoms. The molecule has 2 heterocycles. The fraction of sp³-hybridized carbons (Fsp3) is 0.242. The molecule has 2 aliphatic carbocycles. The lowest BCUT2D eigenvalue weighted by Crippen LogP contribution is -2.32. The number of Topliss-reactive ketones (excluding diaryl/α,β-unsaturated/α-hetero) is 1. The molecule has 2 bridgehead atoms. The third-order valence-corrected chi connectivity index (χ3v) is 9.59.